The Morgan fingerprint density at radius 3 is 2.75 bits per heavy atom. The molecule has 28 heavy (non-hydrogen) atoms. The minimum atomic E-state index is -0.302. The Morgan fingerprint density at radius 2 is 2.04 bits per heavy atom. The molecule has 0 saturated heterocycles. The second-order valence-electron chi connectivity index (χ2n) is 5.68. The normalized spacial score (nSPS) is 10.5. The number of halogens is 1. The Bertz CT molecular complexity index is 1020. The van der Waals surface area contributed by atoms with Crippen molar-refractivity contribution >= 4 is 35.0 Å². The minimum absolute atomic E-state index is 0.0645. The number of ether oxygens (including phenoxy) is 1. The zero-order valence-corrected chi connectivity index (χ0v) is 16.7. The molecule has 8 heteroatoms. The molecule has 0 saturated carbocycles. The summed E-state index contributed by atoms with van der Waals surface area (Å²) in [6.07, 6.45) is 3.09. The fourth-order valence-corrected chi connectivity index (χ4v) is 3.34. The number of benzene rings is 2. The van der Waals surface area contributed by atoms with Gasteiger partial charge in [-0.05, 0) is 49.4 Å². The van der Waals surface area contributed by atoms with Crippen molar-refractivity contribution in [2.45, 2.75) is 11.9 Å². The molecule has 144 valence electrons. The Kier molecular flexibility index (Phi) is 6.73. The van der Waals surface area contributed by atoms with Crippen molar-refractivity contribution in [1.29, 1.82) is 0 Å². The monoisotopic (exact) mass is 415 g/mol. The molecule has 1 N–H and O–H groups in total. The number of carbonyl (C=O) groups excluding carboxylic acids is 1. The highest BCUT2D eigenvalue weighted by atomic mass is 35.5. The van der Waals surface area contributed by atoms with E-state index in [2.05, 4.69) is 10.3 Å². The zero-order chi connectivity index (χ0) is 19.9. The largest absolute Gasteiger partial charge is 0.494 e. The average Bonchev–Trinajstić information content (AvgIpc) is 2.69. The van der Waals surface area contributed by atoms with E-state index in [0.29, 0.717) is 23.0 Å². The van der Waals surface area contributed by atoms with Gasteiger partial charge >= 0.3 is 0 Å². The van der Waals surface area contributed by atoms with E-state index in [9.17, 15) is 9.59 Å². The summed E-state index contributed by atoms with van der Waals surface area (Å²) in [6.45, 7) is 2.49. The standard InChI is InChI=1S/C20H18ClN3O3S/c1-2-27-17-8-6-15(7-9-17)23-18(25)13-28-19-20(26)24(11-10-22-19)16-5-3-4-14(21)12-16/h3-12H,2,13H2,1H3,(H,23,25). The van der Waals surface area contributed by atoms with E-state index >= 15 is 0 Å². The highest BCUT2D eigenvalue weighted by molar-refractivity contribution is 7.99. The summed E-state index contributed by atoms with van der Waals surface area (Å²) in [4.78, 5) is 28.9. The summed E-state index contributed by atoms with van der Waals surface area (Å²) in [5.41, 5.74) is 0.996. The Labute approximate surface area is 171 Å². The predicted octanol–water partition coefficient (Wildman–Crippen LogP) is 4.02. The number of hydrogen-bond acceptors (Lipinski definition) is 5. The lowest BCUT2D eigenvalue weighted by atomic mass is 10.3. The summed E-state index contributed by atoms with van der Waals surface area (Å²) in [5.74, 6) is 0.577. The van der Waals surface area contributed by atoms with Gasteiger partial charge in [-0.1, -0.05) is 29.4 Å². The van der Waals surface area contributed by atoms with Gasteiger partial charge in [-0.15, -0.1) is 0 Å². The number of nitrogens with one attached hydrogen (secondary N) is 1. The van der Waals surface area contributed by atoms with Gasteiger partial charge in [0.2, 0.25) is 5.91 Å². The van der Waals surface area contributed by atoms with Crippen molar-refractivity contribution < 1.29 is 9.53 Å². The molecule has 6 nitrogen and oxygen atoms in total. The summed E-state index contributed by atoms with van der Waals surface area (Å²) >= 11 is 7.08. The van der Waals surface area contributed by atoms with Gasteiger partial charge in [-0.2, -0.15) is 0 Å². The van der Waals surface area contributed by atoms with Crippen LogP contribution in [0.25, 0.3) is 5.69 Å². The first-order valence-corrected chi connectivity index (χ1v) is 9.92. The maximum atomic E-state index is 12.6. The molecule has 0 aliphatic heterocycles. The maximum Gasteiger partial charge on any atom is 0.287 e. The summed E-state index contributed by atoms with van der Waals surface area (Å²) < 4.78 is 6.82. The molecule has 1 heterocycles. The second kappa shape index (κ2) is 9.43. The van der Waals surface area contributed by atoms with Gasteiger partial charge in [0.1, 0.15) is 5.75 Å². The Hall–Kier alpha value is -2.77. The van der Waals surface area contributed by atoms with Crippen molar-refractivity contribution in [3.63, 3.8) is 0 Å². The van der Waals surface area contributed by atoms with Gasteiger partial charge in [0.15, 0.2) is 5.03 Å². The molecule has 0 bridgehead atoms. The minimum Gasteiger partial charge on any atom is -0.494 e. The summed E-state index contributed by atoms with van der Waals surface area (Å²) in [6, 6.07) is 14.1. The van der Waals surface area contributed by atoms with Crippen LogP contribution in [0, 0.1) is 0 Å². The van der Waals surface area contributed by atoms with Crippen molar-refractivity contribution in [3.8, 4) is 11.4 Å². The topological polar surface area (TPSA) is 73.2 Å². The van der Waals surface area contributed by atoms with E-state index in [4.69, 9.17) is 16.3 Å². The lowest BCUT2D eigenvalue weighted by Gasteiger charge is -2.08. The molecule has 3 aromatic rings. The smallest absolute Gasteiger partial charge is 0.287 e. The first-order chi connectivity index (χ1) is 13.6. The highest BCUT2D eigenvalue weighted by Crippen LogP contribution is 2.18. The number of rotatable bonds is 7. The van der Waals surface area contributed by atoms with E-state index in [1.54, 1.807) is 54.7 Å². The number of thioether (sulfide) groups is 1. The molecule has 0 aliphatic carbocycles. The average molecular weight is 416 g/mol. The molecule has 0 aliphatic rings. The molecule has 1 amide bonds. The Balaban J connectivity index is 1.65. The van der Waals surface area contributed by atoms with E-state index in [1.807, 2.05) is 6.92 Å². The third-order valence-electron chi connectivity index (χ3n) is 3.68. The van der Waals surface area contributed by atoms with Gasteiger partial charge in [0, 0.05) is 23.1 Å². The third kappa shape index (κ3) is 5.15. The first kappa shape index (κ1) is 20.0. The second-order valence-corrected chi connectivity index (χ2v) is 7.08. The fraction of sp³-hybridized carbons (Fsp3) is 0.150. The van der Waals surface area contributed by atoms with E-state index in [-0.39, 0.29) is 22.2 Å². The van der Waals surface area contributed by atoms with E-state index in [1.165, 1.54) is 10.8 Å². The number of anilines is 1. The van der Waals surface area contributed by atoms with Crippen LogP contribution >= 0.6 is 23.4 Å². The van der Waals surface area contributed by atoms with Gasteiger partial charge < -0.3 is 10.1 Å². The number of amides is 1. The first-order valence-electron chi connectivity index (χ1n) is 8.56. The van der Waals surface area contributed by atoms with Gasteiger partial charge in [0.25, 0.3) is 5.56 Å². The van der Waals surface area contributed by atoms with Crippen LogP contribution in [-0.4, -0.2) is 27.8 Å². The van der Waals surface area contributed by atoms with Crippen LogP contribution in [0.4, 0.5) is 5.69 Å². The third-order valence-corrected chi connectivity index (χ3v) is 4.88. The molecule has 0 unspecified atom stereocenters. The van der Waals surface area contributed by atoms with Crippen molar-refractivity contribution in [2.75, 3.05) is 17.7 Å². The molecule has 0 spiro atoms. The van der Waals surface area contributed by atoms with Crippen molar-refractivity contribution in [3.05, 3.63) is 76.3 Å². The van der Waals surface area contributed by atoms with Crippen LogP contribution in [0.2, 0.25) is 5.02 Å². The van der Waals surface area contributed by atoms with Crippen LogP contribution < -0.4 is 15.6 Å². The fourth-order valence-electron chi connectivity index (χ4n) is 2.45. The molecular weight excluding hydrogens is 398 g/mol. The summed E-state index contributed by atoms with van der Waals surface area (Å²) in [7, 11) is 0. The lowest BCUT2D eigenvalue weighted by Crippen LogP contribution is -2.22. The molecule has 0 fully saturated rings. The molecular formula is C20H18ClN3O3S. The highest BCUT2D eigenvalue weighted by Gasteiger charge is 2.10. The molecule has 0 radical (unpaired) electrons. The molecule has 1 aromatic heterocycles. The van der Waals surface area contributed by atoms with Crippen LogP contribution in [-0.2, 0) is 4.79 Å². The van der Waals surface area contributed by atoms with Crippen LogP contribution in [0.15, 0.2) is 70.7 Å². The van der Waals surface area contributed by atoms with Crippen LogP contribution in [0.3, 0.4) is 0 Å². The Morgan fingerprint density at radius 1 is 1.25 bits per heavy atom. The predicted molar refractivity (Wildman–Crippen MR) is 112 cm³/mol. The molecule has 3 rings (SSSR count). The molecule has 2 aromatic carbocycles. The quantitative estimate of drug-likeness (QED) is 0.590. The molecule has 0 atom stereocenters. The van der Waals surface area contributed by atoms with Crippen molar-refractivity contribution in [1.82, 2.24) is 9.55 Å². The number of aromatic nitrogens is 2. The van der Waals surface area contributed by atoms with Crippen LogP contribution in [0.5, 0.6) is 5.75 Å². The van der Waals surface area contributed by atoms with E-state index in [0.717, 1.165) is 17.5 Å². The summed E-state index contributed by atoms with van der Waals surface area (Å²) in [5, 5.41) is 3.56. The number of carbonyl (C=O) groups is 1. The van der Waals surface area contributed by atoms with E-state index < -0.39 is 0 Å². The van der Waals surface area contributed by atoms with Crippen molar-refractivity contribution in [2.24, 2.45) is 0 Å². The maximum absolute atomic E-state index is 12.6. The SMILES string of the molecule is CCOc1ccc(NC(=O)CSc2nccn(-c3cccc(Cl)c3)c2=O)cc1. The van der Waals surface area contributed by atoms with Crippen LogP contribution in [0.1, 0.15) is 6.92 Å². The zero-order valence-electron chi connectivity index (χ0n) is 15.1. The van der Waals surface area contributed by atoms with Gasteiger partial charge in [-0.3, -0.25) is 14.2 Å². The van der Waals surface area contributed by atoms with Gasteiger partial charge in [-0.25, -0.2) is 4.98 Å². The number of nitrogens with zero attached hydrogens (tertiary/aromatic N) is 2. The lowest BCUT2D eigenvalue weighted by molar-refractivity contribution is -0.113. The number of hydrogen-bond donors (Lipinski definition) is 1. The van der Waals surface area contributed by atoms with Gasteiger partial charge in [0.05, 0.1) is 18.0 Å².